The number of alkyl halides is 3. The number of rotatable bonds is 9. The quantitative estimate of drug-likeness (QED) is 0.166. The zero-order chi connectivity index (χ0) is 20.3. The van der Waals surface area contributed by atoms with Gasteiger partial charge in [-0.05, 0) is 26.7 Å². The molecule has 0 saturated carbocycles. The van der Waals surface area contributed by atoms with Gasteiger partial charge in [-0.15, -0.1) is 24.0 Å². The number of unbranched alkanes of at least 4 members (excludes halogenated alkanes) is 3. The van der Waals surface area contributed by atoms with Crippen LogP contribution in [0.25, 0.3) is 0 Å². The summed E-state index contributed by atoms with van der Waals surface area (Å²) < 4.78 is 43.3. The number of nitrogens with one attached hydrogen (secondary N) is 1. The van der Waals surface area contributed by atoms with Crippen LogP contribution in [-0.4, -0.2) is 80.3 Å². The standard InChI is InChI=1S/C18H33F3N4O2.HI/c1-4-27-16(26)9-7-5-6-8-10-23-17(22-3)25-13-11-24(12-14-25)15(2)18(19,20)21;/h15H,4-14H2,1-3H3,(H,22,23);1H. The first-order valence-electron chi connectivity index (χ1n) is 9.71. The minimum Gasteiger partial charge on any atom is -0.466 e. The first-order valence-corrected chi connectivity index (χ1v) is 9.71. The van der Waals surface area contributed by atoms with Crippen LogP contribution in [0.4, 0.5) is 13.2 Å². The molecule has 28 heavy (non-hydrogen) atoms. The summed E-state index contributed by atoms with van der Waals surface area (Å²) >= 11 is 0. The van der Waals surface area contributed by atoms with Gasteiger partial charge in [-0.3, -0.25) is 14.7 Å². The molecule has 0 aromatic rings. The van der Waals surface area contributed by atoms with E-state index in [-0.39, 0.29) is 29.9 Å². The maximum atomic E-state index is 12.8. The Hall–Kier alpha value is -0.780. The maximum absolute atomic E-state index is 12.8. The highest BCUT2D eigenvalue weighted by Gasteiger charge is 2.41. The van der Waals surface area contributed by atoms with E-state index in [0.29, 0.717) is 39.2 Å². The van der Waals surface area contributed by atoms with Gasteiger partial charge < -0.3 is 15.0 Å². The molecule has 1 fully saturated rings. The molecular formula is C18H34F3IN4O2. The summed E-state index contributed by atoms with van der Waals surface area (Å²) in [5, 5.41) is 3.28. The zero-order valence-corrected chi connectivity index (χ0v) is 19.4. The fourth-order valence-corrected chi connectivity index (χ4v) is 3.04. The molecule has 1 N–H and O–H groups in total. The molecular weight excluding hydrogens is 488 g/mol. The number of esters is 1. The Morgan fingerprint density at radius 2 is 1.75 bits per heavy atom. The molecule has 6 nitrogen and oxygen atoms in total. The molecule has 1 rings (SSSR count). The molecule has 10 heteroatoms. The Bertz CT molecular complexity index is 470. The van der Waals surface area contributed by atoms with Crippen molar-refractivity contribution >= 4 is 35.9 Å². The average molecular weight is 522 g/mol. The summed E-state index contributed by atoms with van der Waals surface area (Å²) in [4.78, 5) is 18.9. The van der Waals surface area contributed by atoms with Crippen molar-refractivity contribution in [1.82, 2.24) is 15.1 Å². The second-order valence-corrected chi connectivity index (χ2v) is 6.68. The van der Waals surface area contributed by atoms with Gasteiger partial charge >= 0.3 is 12.1 Å². The van der Waals surface area contributed by atoms with E-state index in [4.69, 9.17) is 4.74 Å². The lowest BCUT2D eigenvalue weighted by molar-refractivity contribution is -0.181. The molecule has 1 aliphatic rings. The smallest absolute Gasteiger partial charge is 0.403 e. The van der Waals surface area contributed by atoms with Gasteiger partial charge in [0.2, 0.25) is 0 Å². The number of hydrogen-bond donors (Lipinski definition) is 1. The van der Waals surface area contributed by atoms with Gasteiger partial charge in [-0.1, -0.05) is 12.8 Å². The van der Waals surface area contributed by atoms with Crippen LogP contribution < -0.4 is 5.32 Å². The van der Waals surface area contributed by atoms with Crippen LogP contribution in [0.1, 0.15) is 46.0 Å². The van der Waals surface area contributed by atoms with Crippen LogP contribution in [0.3, 0.4) is 0 Å². The predicted octanol–water partition coefficient (Wildman–Crippen LogP) is 3.26. The number of carbonyl (C=O) groups excluding carboxylic acids is 1. The molecule has 0 spiro atoms. The zero-order valence-electron chi connectivity index (χ0n) is 17.1. The van der Waals surface area contributed by atoms with E-state index in [1.54, 1.807) is 14.0 Å². The second kappa shape index (κ2) is 14.2. The van der Waals surface area contributed by atoms with Crippen LogP contribution in [-0.2, 0) is 9.53 Å². The van der Waals surface area contributed by atoms with Crippen molar-refractivity contribution in [3.8, 4) is 0 Å². The van der Waals surface area contributed by atoms with Gasteiger partial charge in [0, 0.05) is 46.2 Å². The number of hydrogen-bond acceptors (Lipinski definition) is 4. The van der Waals surface area contributed by atoms with Crippen LogP contribution in [0, 0.1) is 0 Å². The molecule has 0 aromatic carbocycles. The van der Waals surface area contributed by atoms with Crippen molar-refractivity contribution in [3.63, 3.8) is 0 Å². The number of piperazine rings is 1. The Morgan fingerprint density at radius 3 is 2.29 bits per heavy atom. The first kappa shape index (κ1) is 27.2. The average Bonchev–Trinajstić information content (AvgIpc) is 2.63. The third-order valence-electron chi connectivity index (χ3n) is 4.74. The molecule has 1 saturated heterocycles. The van der Waals surface area contributed by atoms with Crippen molar-refractivity contribution in [2.75, 3.05) is 46.4 Å². The topological polar surface area (TPSA) is 57.2 Å². The Morgan fingerprint density at radius 1 is 1.14 bits per heavy atom. The molecule has 1 heterocycles. The molecule has 0 aliphatic carbocycles. The summed E-state index contributed by atoms with van der Waals surface area (Å²) in [5.74, 6) is 0.593. The molecule has 0 bridgehead atoms. The van der Waals surface area contributed by atoms with E-state index in [0.717, 1.165) is 38.2 Å². The highest BCUT2D eigenvalue weighted by atomic mass is 127. The van der Waals surface area contributed by atoms with Crippen LogP contribution in [0.2, 0.25) is 0 Å². The van der Waals surface area contributed by atoms with Gasteiger partial charge in [0.1, 0.15) is 6.04 Å². The fraction of sp³-hybridized carbons (Fsp3) is 0.889. The Labute approximate surface area is 183 Å². The van der Waals surface area contributed by atoms with Crippen molar-refractivity contribution in [2.45, 2.75) is 58.2 Å². The van der Waals surface area contributed by atoms with E-state index >= 15 is 0 Å². The lowest BCUT2D eigenvalue weighted by Crippen LogP contribution is -2.56. The van der Waals surface area contributed by atoms with Crippen molar-refractivity contribution in [3.05, 3.63) is 0 Å². The van der Waals surface area contributed by atoms with Crippen molar-refractivity contribution in [2.24, 2.45) is 4.99 Å². The van der Waals surface area contributed by atoms with Crippen LogP contribution in [0.15, 0.2) is 4.99 Å². The summed E-state index contributed by atoms with van der Waals surface area (Å²) in [6.45, 7) is 5.98. The lowest BCUT2D eigenvalue weighted by Gasteiger charge is -2.39. The van der Waals surface area contributed by atoms with Gasteiger partial charge in [0.25, 0.3) is 0 Å². The van der Waals surface area contributed by atoms with Crippen molar-refractivity contribution < 1.29 is 22.7 Å². The van der Waals surface area contributed by atoms with Gasteiger partial charge in [0.15, 0.2) is 5.96 Å². The van der Waals surface area contributed by atoms with Gasteiger partial charge in [-0.2, -0.15) is 13.2 Å². The van der Waals surface area contributed by atoms with Crippen molar-refractivity contribution in [1.29, 1.82) is 0 Å². The molecule has 0 amide bonds. The summed E-state index contributed by atoms with van der Waals surface area (Å²) in [6.07, 6.45) is 0.0200. The number of ether oxygens (including phenoxy) is 1. The number of aliphatic imine (C=N–C) groups is 1. The number of carbonyl (C=O) groups is 1. The van der Waals surface area contributed by atoms with E-state index in [9.17, 15) is 18.0 Å². The summed E-state index contributed by atoms with van der Waals surface area (Å²) in [5.41, 5.74) is 0. The van der Waals surface area contributed by atoms with Crippen LogP contribution in [0.5, 0.6) is 0 Å². The van der Waals surface area contributed by atoms with E-state index in [1.807, 2.05) is 4.90 Å². The monoisotopic (exact) mass is 522 g/mol. The summed E-state index contributed by atoms with van der Waals surface area (Å²) in [6, 6.07) is -1.41. The molecule has 1 atom stereocenters. The number of guanidine groups is 1. The lowest BCUT2D eigenvalue weighted by atomic mass is 10.1. The predicted molar refractivity (Wildman–Crippen MR) is 115 cm³/mol. The van der Waals surface area contributed by atoms with E-state index < -0.39 is 12.2 Å². The fourth-order valence-electron chi connectivity index (χ4n) is 3.04. The minimum absolute atomic E-state index is 0. The Balaban J connectivity index is 0.00000729. The highest BCUT2D eigenvalue weighted by Crippen LogP contribution is 2.25. The number of halogens is 4. The molecule has 1 unspecified atom stereocenters. The van der Waals surface area contributed by atoms with E-state index in [2.05, 4.69) is 10.3 Å². The first-order chi connectivity index (χ1) is 12.8. The summed E-state index contributed by atoms with van der Waals surface area (Å²) in [7, 11) is 1.69. The molecule has 0 radical (unpaired) electrons. The number of nitrogens with zero attached hydrogens (tertiary/aromatic N) is 3. The van der Waals surface area contributed by atoms with E-state index in [1.165, 1.54) is 11.8 Å². The molecule has 1 aliphatic heterocycles. The SMILES string of the molecule is CCOC(=O)CCCCCCNC(=NC)N1CCN(C(C)C(F)(F)F)CC1.I. The van der Waals surface area contributed by atoms with Crippen LogP contribution >= 0.6 is 24.0 Å². The Kier molecular flexibility index (Phi) is 13.8. The third-order valence-corrected chi connectivity index (χ3v) is 4.74. The highest BCUT2D eigenvalue weighted by molar-refractivity contribution is 14.0. The molecule has 0 aromatic heterocycles. The normalized spacial score (nSPS) is 17.1. The maximum Gasteiger partial charge on any atom is 0.403 e. The second-order valence-electron chi connectivity index (χ2n) is 6.68. The molecule has 166 valence electrons. The minimum atomic E-state index is -4.19. The van der Waals surface area contributed by atoms with Gasteiger partial charge in [0.05, 0.1) is 6.61 Å². The third kappa shape index (κ3) is 10.1. The van der Waals surface area contributed by atoms with Gasteiger partial charge in [-0.25, -0.2) is 0 Å². The largest absolute Gasteiger partial charge is 0.466 e.